The summed E-state index contributed by atoms with van der Waals surface area (Å²) in [6, 6.07) is 4.38. The molecular formula is C10H13BrFNOS. The fourth-order valence-electron chi connectivity index (χ4n) is 1.04. The summed E-state index contributed by atoms with van der Waals surface area (Å²) in [6.07, 6.45) is 0. The molecule has 2 nitrogen and oxygen atoms in total. The highest BCUT2D eigenvalue weighted by Crippen LogP contribution is 2.20. The Morgan fingerprint density at radius 3 is 2.80 bits per heavy atom. The van der Waals surface area contributed by atoms with Crippen LogP contribution in [0.4, 0.5) is 4.39 Å². The summed E-state index contributed by atoms with van der Waals surface area (Å²) in [5.74, 6) is 0.0995. The van der Waals surface area contributed by atoms with Crippen molar-refractivity contribution in [2.75, 3.05) is 6.54 Å². The minimum Gasteiger partial charge on any atom is -0.329 e. The summed E-state index contributed by atoms with van der Waals surface area (Å²) >= 11 is 3.24. The van der Waals surface area contributed by atoms with Crippen LogP contribution in [0.5, 0.6) is 0 Å². The van der Waals surface area contributed by atoms with Crippen LogP contribution >= 0.6 is 15.9 Å². The van der Waals surface area contributed by atoms with Crippen LogP contribution in [0, 0.1) is 5.82 Å². The Kier molecular flexibility index (Phi) is 4.89. The van der Waals surface area contributed by atoms with Crippen molar-refractivity contribution in [3.8, 4) is 0 Å². The van der Waals surface area contributed by atoms with Gasteiger partial charge in [0, 0.05) is 32.8 Å². The van der Waals surface area contributed by atoms with E-state index in [1.54, 1.807) is 6.07 Å². The Bertz CT molecular complexity index is 372. The molecule has 15 heavy (non-hydrogen) atoms. The molecule has 1 aromatic rings. The van der Waals surface area contributed by atoms with E-state index in [-0.39, 0.29) is 11.1 Å². The van der Waals surface area contributed by atoms with Crippen LogP contribution in [-0.2, 0) is 16.6 Å². The monoisotopic (exact) mass is 293 g/mol. The van der Waals surface area contributed by atoms with E-state index in [2.05, 4.69) is 15.9 Å². The fourth-order valence-corrected chi connectivity index (χ4v) is 2.78. The van der Waals surface area contributed by atoms with Crippen LogP contribution < -0.4 is 5.73 Å². The first-order valence-electron chi connectivity index (χ1n) is 4.55. The molecule has 1 rings (SSSR count). The molecule has 2 unspecified atom stereocenters. The van der Waals surface area contributed by atoms with Gasteiger partial charge >= 0.3 is 0 Å². The van der Waals surface area contributed by atoms with Crippen molar-refractivity contribution in [2.45, 2.75) is 17.9 Å². The summed E-state index contributed by atoms with van der Waals surface area (Å²) in [7, 11) is -1.01. The van der Waals surface area contributed by atoms with E-state index in [0.717, 1.165) is 5.56 Å². The predicted molar refractivity (Wildman–Crippen MR) is 64.5 cm³/mol. The van der Waals surface area contributed by atoms with Gasteiger partial charge in [0.1, 0.15) is 5.82 Å². The van der Waals surface area contributed by atoms with E-state index in [1.165, 1.54) is 12.1 Å². The molecule has 84 valence electrons. The molecule has 0 bridgehead atoms. The molecule has 0 radical (unpaired) electrons. The van der Waals surface area contributed by atoms with Crippen molar-refractivity contribution in [3.63, 3.8) is 0 Å². The molecule has 0 saturated carbocycles. The van der Waals surface area contributed by atoms with Gasteiger partial charge in [-0.15, -0.1) is 0 Å². The van der Waals surface area contributed by atoms with Crippen LogP contribution in [0.15, 0.2) is 22.7 Å². The van der Waals surface area contributed by atoms with Crippen molar-refractivity contribution in [1.29, 1.82) is 0 Å². The summed E-state index contributed by atoms with van der Waals surface area (Å²) in [5.41, 5.74) is 6.27. The van der Waals surface area contributed by atoms with Gasteiger partial charge in [0.15, 0.2) is 0 Å². The third-order valence-electron chi connectivity index (χ3n) is 2.09. The topological polar surface area (TPSA) is 43.1 Å². The van der Waals surface area contributed by atoms with Crippen molar-refractivity contribution in [1.82, 2.24) is 0 Å². The SMILES string of the molecule is CC(CN)S(=O)Cc1ccc(F)cc1Br. The maximum absolute atomic E-state index is 12.8. The minimum atomic E-state index is -1.01. The predicted octanol–water partition coefficient (Wildman–Crippen LogP) is 2.18. The molecular weight excluding hydrogens is 281 g/mol. The zero-order valence-electron chi connectivity index (χ0n) is 8.37. The molecule has 0 spiro atoms. The molecule has 0 aromatic heterocycles. The summed E-state index contributed by atoms with van der Waals surface area (Å²) in [4.78, 5) is 0. The van der Waals surface area contributed by atoms with Crippen molar-refractivity contribution in [3.05, 3.63) is 34.1 Å². The Balaban J connectivity index is 2.77. The number of benzene rings is 1. The van der Waals surface area contributed by atoms with Gasteiger partial charge in [-0.1, -0.05) is 22.0 Å². The first kappa shape index (κ1) is 12.8. The Hall–Kier alpha value is -0.260. The third-order valence-corrected chi connectivity index (χ3v) is 4.52. The highest BCUT2D eigenvalue weighted by atomic mass is 79.9. The summed E-state index contributed by atoms with van der Waals surface area (Å²) in [5, 5.41) is -0.0399. The second kappa shape index (κ2) is 5.72. The van der Waals surface area contributed by atoms with Crippen LogP contribution in [0.3, 0.4) is 0 Å². The number of nitrogens with two attached hydrogens (primary N) is 1. The molecule has 0 aliphatic rings. The maximum Gasteiger partial charge on any atom is 0.124 e. The van der Waals surface area contributed by atoms with E-state index in [0.29, 0.717) is 16.8 Å². The Labute approximate surface area is 99.6 Å². The lowest BCUT2D eigenvalue weighted by molar-refractivity contribution is 0.626. The third kappa shape index (κ3) is 3.66. The lowest BCUT2D eigenvalue weighted by Crippen LogP contribution is -2.22. The first-order chi connectivity index (χ1) is 7.04. The second-order valence-corrected chi connectivity index (χ2v) is 6.02. The molecule has 1 aromatic carbocycles. The van der Waals surface area contributed by atoms with Gasteiger partial charge in [-0.05, 0) is 24.6 Å². The van der Waals surface area contributed by atoms with E-state index in [1.807, 2.05) is 6.92 Å². The number of rotatable bonds is 4. The lowest BCUT2D eigenvalue weighted by Gasteiger charge is -2.09. The van der Waals surface area contributed by atoms with Gasteiger partial charge in [0.05, 0.1) is 0 Å². The number of hydrogen-bond donors (Lipinski definition) is 1. The molecule has 2 N–H and O–H groups in total. The van der Waals surface area contributed by atoms with E-state index in [9.17, 15) is 8.60 Å². The van der Waals surface area contributed by atoms with Crippen molar-refractivity contribution < 1.29 is 8.60 Å². The first-order valence-corrected chi connectivity index (χ1v) is 6.73. The normalized spacial score (nSPS) is 14.9. The minimum absolute atomic E-state index is 0.0399. The molecule has 5 heteroatoms. The lowest BCUT2D eigenvalue weighted by atomic mass is 10.2. The Morgan fingerprint density at radius 2 is 2.27 bits per heavy atom. The quantitative estimate of drug-likeness (QED) is 0.925. The molecule has 2 atom stereocenters. The average Bonchev–Trinajstić information content (AvgIpc) is 2.20. The Morgan fingerprint density at radius 1 is 1.60 bits per heavy atom. The zero-order valence-corrected chi connectivity index (χ0v) is 10.8. The molecule has 0 amide bonds. The van der Waals surface area contributed by atoms with Gasteiger partial charge in [0.25, 0.3) is 0 Å². The van der Waals surface area contributed by atoms with Gasteiger partial charge < -0.3 is 5.73 Å². The van der Waals surface area contributed by atoms with Crippen LogP contribution in [0.2, 0.25) is 0 Å². The van der Waals surface area contributed by atoms with Gasteiger partial charge in [0.2, 0.25) is 0 Å². The summed E-state index contributed by atoms with van der Waals surface area (Å²) < 4.78 is 25.1. The van der Waals surface area contributed by atoms with Crippen LogP contribution in [0.25, 0.3) is 0 Å². The van der Waals surface area contributed by atoms with Gasteiger partial charge in [-0.2, -0.15) is 0 Å². The van der Waals surface area contributed by atoms with Gasteiger partial charge in [-0.25, -0.2) is 4.39 Å². The van der Waals surface area contributed by atoms with Crippen LogP contribution in [-0.4, -0.2) is 16.0 Å². The standard InChI is InChI=1S/C10H13BrFNOS/c1-7(5-13)15(14)6-8-2-3-9(12)4-10(8)11/h2-4,7H,5-6,13H2,1H3. The highest BCUT2D eigenvalue weighted by molar-refractivity contribution is 9.10. The summed E-state index contributed by atoms with van der Waals surface area (Å²) in [6.45, 7) is 2.24. The second-order valence-electron chi connectivity index (χ2n) is 3.31. The fraction of sp³-hybridized carbons (Fsp3) is 0.400. The molecule has 0 aliphatic heterocycles. The largest absolute Gasteiger partial charge is 0.329 e. The highest BCUT2D eigenvalue weighted by Gasteiger charge is 2.11. The number of halogens is 2. The maximum atomic E-state index is 12.8. The molecule has 0 fully saturated rings. The van der Waals surface area contributed by atoms with E-state index < -0.39 is 10.8 Å². The smallest absolute Gasteiger partial charge is 0.124 e. The molecule has 0 saturated heterocycles. The van der Waals surface area contributed by atoms with E-state index >= 15 is 0 Å². The molecule has 0 aliphatic carbocycles. The zero-order chi connectivity index (χ0) is 11.4. The average molecular weight is 294 g/mol. The van der Waals surface area contributed by atoms with Crippen molar-refractivity contribution >= 4 is 26.7 Å². The number of hydrogen-bond acceptors (Lipinski definition) is 2. The molecule has 0 heterocycles. The van der Waals surface area contributed by atoms with Crippen LogP contribution in [0.1, 0.15) is 12.5 Å². The van der Waals surface area contributed by atoms with Crippen molar-refractivity contribution in [2.24, 2.45) is 5.73 Å². The van der Waals surface area contributed by atoms with Gasteiger partial charge in [-0.3, -0.25) is 4.21 Å². The van der Waals surface area contributed by atoms with E-state index in [4.69, 9.17) is 5.73 Å².